The van der Waals surface area contributed by atoms with E-state index in [0.29, 0.717) is 36.1 Å². The summed E-state index contributed by atoms with van der Waals surface area (Å²) in [5.41, 5.74) is 10.5. The first-order valence-corrected chi connectivity index (χ1v) is 13.7. The molecule has 3 aromatic heterocycles. The Hall–Kier alpha value is -3.12. The van der Waals surface area contributed by atoms with Gasteiger partial charge in [-0.25, -0.2) is 19.9 Å². The number of nitrogens with zero attached hydrogens (tertiary/aromatic N) is 5. The first-order chi connectivity index (χ1) is 18.5. The van der Waals surface area contributed by atoms with E-state index in [1.54, 1.807) is 4.57 Å². The number of nitrogens with one attached hydrogen (secondary N) is 2. The lowest BCUT2D eigenvalue weighted by molar-refractivity contribution is -0.0370. The molecule has 0 spiro atoms. The van der Waals surface area contributed by atoms with Crippen molar-refractivity contribution in [3.63, 3.8) is 0 Å². The lowest BCUT2D eigenvalue weighted by Gasteiger charge is -2.36. The number of nitrogen functional groups attached to an aromatic ring is 1. The molecular formula is C27H34N8O3. The number of ether oxygens (including phenoxy) is 1. The number of fused-ring (bicyclic) bond motifs is 2. The molecule has 38 heavy (non-hydrogen) atoms. The maximum atomic E-state index is 10.6. The monoisotopic (exact) mass is 518 g/mol. The van der Waals surface area contributed by atoms with Gasteiger partial charge in [-0.3, -0.25) is 4.57 Å². The van der Waals surface area contributed by atoms with E-state index >= 15 is 0 Å². The minimum atomic E-state index is -1.08. The van der Waals surface area contributed by atoms with Gasteiger partial charge in [0.15, 0.2) is 17.7 Å². The van der Waals surface area contributed by atoms with Crippen LogP contribution in [0, 0.1) is 5.92 Å². The molecule has 200 valence electrons. The van der Waals surface area contributed by atoms with Crippen LogP contribution in [-0.2, 0) is 11.2 Å². The Morgan fingerprint density at radius 2 is 1.97 bits per heavy atom. The van der Waals surface area contributed by atoms with Crippen molar-refractivity contribution in [1.29, 1.82) is 0 Å². The van der Waals surface area contributed by atoms with Gasteiger partial charge in [-0.2, -0.15) is 0 Å². The summed E-state index contributed by atoms with van der Waals surface area (Å²) in [4.78, 5) is 20.7. The molecule has 11 nitrogen and oxygen atoms in total. The largest absolute Gasteiger partial charge is 0.388 e. The molecule has 0 radical (unpaired) electrons. The first kappa shape index (κ1) is 24.0. The van der Waals surface area contributed by atoms with Gasteiger partial charge in [0.05, 0.1) is 23.5 Å². The summed E-state index contributed by atoms with van der Waals surface area (Å²) in [5, 5.41) is 24.8. The van der Waals surface area contributed by atoms with E-state index < -0.39 is 24.5 Å². The van der Waals surface area contributed by atoms with Crippen LogP contribution in [0.3, 0.4) is 0 Å². The van der Waals surface area contributed by atoms with Gasteiger partial charge in [0.25, 0.3) is 0 Å². The van der Waals surface area contributed by atoms with Crippen LogP contribution in [0.15, 0.2) is 30.9 Å². The van der Waals surface area contributed by atoms with Crippen LogP contribution in [0.2, 0.25) is 0 Å². The summed E-state index contributed by atoms with van der Waals surface area (Å²) in [7, 11) is 0. The molecule has 1 saturated heterocycles. The number of hydrogen-bond donors (Lipinski definition) is 5. The molecule has 3 fully saturated rings. The van der Waals surface area contributed by atoms with E-state index in [1.807, 2.05) is 0 Å². The number of imidazole rings is 2. The van der Waals surface area contributed by atoms with Gasteiger partial charge in [-0.1, -0.05) is 6.07 Å². The maximum Gasteiger partial charge on any atom is 0.167 e. The molecular weight excluding hydrogens is 484 g/mol. The molecule has 0 amide bonds. The zero-order chi connectivity index (χ0) is 25.8. The number of aryl methyl sites for hydroxylation is 1. The second kappa shape index (κ2) is 9.57. The number of rotatable bonds is 9. The predicted octanol–water partition coefficient (Wildman–Crippen LogP) is 2.17. The van der Waals surface area contributed by atoms with E-state index in [4.69, 9.17) is 15.5 Å². The predicted molar refractivity (Wildman–Crippen MR) is 141 cm³/mol. The molecule has 3 aliphatic rings. The van der Waals surface area contributed by atoms with E-state index in [9.17, 15) is 10.2 Å². The number of aromatic amines is 1. The highest BCUT2D eigenvalue weighted by Crippen LogP contribution is 2.41. The lowest BCUT2D eigenvalue weighted by atomic mass is 9.77. The van der Waals surface area contributed by atoms with E-state index in [-0.39, 0.29) is 5.82 Å². The van der Waals surface area contributed by atoms with E-state index in [2.05, 4.69) is 43.5 Å². The molecule has 11 heteroatoms. The molecule has 2 aliphatic carbocycles. The van der Waals surface area contributed by atoms with Crippen LogP contribution in [0.1, 0.15) is 62.1 Å². The SMILES string of the molecule is Nc1ncnc2c1ncn2[C@@H]1O[C@H](CCNC2CC(CCc3nc4ccc(C5CC5)cc4[nH]3)C2)[C@@H](O)[C@H]1O. The minimum Gasteiger partial charge on any atom is -0.388 e. The minimum absolute atomic E-state index is 0.265. The Morgan fingerprint density at radius 1 is 1.11 bits per heavy atom. The highest BCUT2D eigenvalue weighted by Gasteiger charge is 2.44. The van der Waals surface area contributed by atoms with Crippen molar-refractivity contribution in [3.05, 3.63) is 42.2 Å². The highest BCUT2D eigenvalue weighted by atomic mass is 16.6. The fraction of sp³-hybridized carbons (Fsp3) is 0.556. The van der Waals surface area contributed by atoms with Gasteiger partial charge in [0.2, 0.25) is 0 Å². The van der Waals surface area contributed by atoms with Crippen molar-refractivity contribution in [2.75, 3.05) is 12.3 Å². The van der Waals surface area contributed by atoms with Gasteiger partial charge >= 0.3 is 0 Å². The number of nitrogens with two attached hydrogens (primary N) is 1. The van der Waals surface area contributed by atoms with Crippen LogP contribution >= 0.6 is 0 Å². The second-order valence-electron chi connectivity index (χ2n) is 11.2. The molecule has 4 atom stereocenters. The number of hydrogen-bond acceptors (Lipinski definition) is 9. The number of anilines is 1. The van der Waals surface area contributed by atoms with Gasteiger partial charge in [0.1, 0.15) is 29.9 Å². The smallest absolute Gasteiger partial charge is 0.167 e. The van der Waals surface area contributed by atoms with Crippen LogP contribution in [-0.4, -0.2) is 70.6 Å². The Kier molecular flexibility index (Phi) is 6.03. The first-order valence-electron chi connectivity index (χ1n) is 13.7. The van der Waals surface area contributed by atoms with Crippen molar-refractivity contribution in [1.82, 2.24) is 34.8 Å². The Balaban J connectivity index is 0.861. The van der Waals surface area contributed by atoms with E-state index in [0.717, 1.165) is 42.9 Å². The number of benzene rings is 1. The number of aliphatic hydroxyl groups excluding tert-OH is 2. The molecule has 6 N–H and O–H groups in total. The Morgan fingerprint density at radius 3 is 2.82 bits per heavy atom. The molecule has 2 saturated carbocycles. The fourth-order valence-electron chi connectivity index (χ4n) is 6.03. The van der Waals surface area contributed by atoms with Gasteiger partial charge in [-0.15, -0.1) is 0 Å². The van der Waals surface area contributed by atoms with Gasteiger partial charge in [0, 0.05) is 12.5 Å². The Bertz CT molecular complexity index is 1440. The van der Waals surface area contributed by atoms with Crippen molar-refractivity contribution >= 4 is 28.0 Å². The quantitative estimate of drug-likeness (QED) is 0.224. The number of H-pyrrole nitrogens is 1. The topological polar surface area (TPSA) is 160 Å². The third-order valence-electron chi connectivity index (χ3n) is 8.49. The summed E-state index contributed by atoms with van der Waals surface area (Å²) in [6.07, 6.45) is 7.17. The van der Waals surface area contributed by atoms with Crippen LogP contribution in [0.4, 0.5) is 5.82 Å². The van der Waals surface area contributed by atoms with Gasteiger partial charge in [-0.05, 0) is 74.6 Å². The third kappa shape index (κ3) is 4.43. The molecule has 1 aliphatic heterocycles. The molecule has 1 aromatic carbocycles. The zero-order valence-electron chi connectivity index (χ0n) is 21.2. The van der Waals surface area contributed by atoms with Crippen molar-refractivity contribution in [2.45, 2.75) is 81.4 Å². The summed E-state index contributed by atoms with van der Waals surface area (Å²) < 4.78 is 7.65. The Labute approximate surface area is 219 Å². The molecule has 4 heterocycles. The third-order valence-corrected chi connectivity index (χ3v) is 8.49. The number of aliphatic hydroxyl groups is 2. The summed E-state index contributed by atoms with van der Waals surface area (Å²) in [6.45, 7) is 0.714. The van der Waals surface area contributed by atoms with E-state index in [1.165, 1.54) is 36.6 Å². The average Bonchev–Trinajstić information content (AvgIpc) is 3.43. The zero-order valence-corrected chi connectivity index (χ0v) is 21.2. The van der Waals surface area contributed by atoms with Crippen LogP contribution < -0.4 is 11.1 Å². The average molecular weight is 519 g/mol. The summed E-state index contributed by atoms with van der Waals surface area (Å²) in [5.74, 6) is 2.81. The summed E-state index contributed by atoms with van der Waals surface area (Å²) in [6, 6.07) is 7.14. The fourth-order valence-corrected chi connectivity index (χ4v) is 6.03. The molecule has 0 bridgehead atoms. The molecule has 0 unspecified atom stereocenters. The van der Waals surface area contributed by atoms with Crippen LogP contribution in [0.5, 0.6) is 0 Å². The standard InChI is InChI=1S/C27H34N8O3/c28-25-22-26(31-12-30-25)35(13-32-22)27-24(37)23(36)20(38-27)7-8-29-17-9-14(10-17)1-6-21-33-18-5-4-16(15-2-3-15)11-19(18)34-21/h4-5,11-15,17,20,23-24,27,29,36-37H,1-3,6-10H2,(H,33,34)(H2,28,30,31)/t14?,17?,20-,23-,24-,27-/m1/s1. The van der Waals surface area contributed by atoms with Crippen molar-refractivity contribution in [2.24, 2.45) is 5.92 Å². The van der Waals surface area contributed by atoms with Crippen LogP contribution in [0.25, 0.3) is 22.2 Å². The normalized spacial score (nSPS) is 29.3. The second-order valence-corrected chi connectivity index (χ2v) is 11.2. The molecule has 4 aromatic rings. The van der Waals surface area contributed by atoms with Crippen molar-refractivity contribution in [3.8, 4) is 0 Å². The molecule has 7 rings (SSSR count). The maximum absolute atomic E-state index is 10.6. The number of aromatic nitrogens is 6. The highest BCUT2D eigenvalue weighted by molar-refractivity contribution is 5.81. The summed E-state index contributed by atoms with van der Waals surface area (Å²) >= 11 is 0. The lowest BCUT2D eigenvalue weighted by Crippen LogP contribution is -2.43. The van der Waals surface area contributed by atoms with Gasteiger partial charge < -0.3 is 31.0 Å². The van der Waals surface area contributed by atoms with Crippen molar-refractivity contribution < 1.29 is 14.9 Å².